The summed E-state index contributed by atoms with van der Waals surface area (Å²) in [4.78, 5) is 20.4. The van der Waals surface area contributed by atoms with Gasteiger partial charge < -0.3 is 15.4 Å². The molecule has 0 aliphatic rings. The lowest BCUT2D eigenvalue weighted by molar-refractivity contribution is 0.102. The van der Waals surface area contributed by atoms with Gasteiger partial charge in [-0.15, -0.1) is 0 Å². The van der Waals surface area contributed by atoms with E-state index in [4.69, 9.17) is 16.3 Å². The predicted octanol–water partition coefficient (Wildman–Crippen LogP) is 4.27. The van der Waals surface area contributed by atoms with Crippen LogP contribution >= 0.6 is 11.6 Å². The average molecular weight is 373 g/mol. The van der Waals surface area contributed by atoms with Crippen LogP contribution < -0.4 is 15.4 Å². The maximum absolute atomic E-state index is 13.2. The molecule has 2 N–H and O–H groups in total. The molecule has 1 aromatic heterocycles. The van der Waals surface area contributed by atoms with Gasteiger partial charge in [-0.1, -0.05) is 17.7 Å². The maximum Gasteiger partial charge on any atom is 0.275 e. The lowest BCUT2D eigenvalue weighted by Crippen LogP contribution is -2.14. The van der Waals surface area contributed by atoms with Crippen LogP contribution in [0.1, 0.15) is 10.5 Å². The second-order valence-corrected chi connectivity index (χ2v) is 5.63. The van der Waals surface area contributed by atoms with Gasteiger partial charge in [0.15, 0.2) is 0 Å². The van der Waals surface area contributed by atoms with Crippen molar-refractivity contribution in [3.63, 3.8) is 0 Å². The van der Waals surface area contributed by atoms with Gasteiger partial charge in [-0.3, -0.25) is 4.79 Å². The summed E-state index contributed by atoms with van der Waals surface area (Å²) in [6.45, 7) is 0. The summed E-state index contributed by atoms with van der Waals surface area (Å²) in [5.41, 5.74) is 1.16. The molecule has 26 heavy (non-hydrogen) atoms. The van der Waals surface area contributed by atoms with E-state index in [2.05, 4.69) is 20.6 Å². The molecular weight excluding hydrogens is 359 g/mol. The Morgan fingerprint density at radius 2 is 1.96 bits per heavy atom. The van der Waals surface area contributed by atoms with Crippen LogP contribution in [0.5, 0.6) is 5.75 Å². The zero-order chi connectivity index (χ0) is 18.5. The normalized spacial score (nSPS) is 10.3. The second kappa shape index (κ2) is 7.79. The second-order valence-electron chi connectivity index (χ2n) is 5.23. The number of rotatable bonds is 5. The first-order valence-electron chi connectivity index (χ1n) is 7.54. The van der Waals surface area contributed by atoms with Crippen molar-refractivity contribution in [2.45, 2.75) is 0 Å². The summed E-state index contributed by atoms with van der Waals surface area (Å²) in [6, 6.07) is 10.8. The molecule has 8 heteroatoms. The molecule has 0 atom stereocenters. The Kier molecular flexibility index (Phi) is 5.28. The maximum atomic E-state index is 13.2. The number of hydrogen-bond donors (Lipinski definition) is 2. The number of aromatic nitrogens is 2. The summed E-state index contributed by atoms with van der Waals surface area (Å²) >= 11 is 6.03. The molecule has 0 fully saturated rings. The number of nitrogens with zero attached hydrogens (tertiary/aromatic N) is 2. The molecule has 1 amide bonds. The standard InChI is InChI=1S/C18H14ClFN4O2/c1-26-16-6-5-13(8-14(16)19)24-18(25)15-9-22-17(10-21-15)23-12-4-2-3-11(20)7-12/h2-10H,1H3,(H,22,23)(H,24,25). The topological polar surface area (TPSA) is 76.1 Å². The summed E-state index contributed by atoms with van der Waals surface area (Å²) in [5.74, 6) is 0.102. The predicted molar refractivity (Wildman–Crippen MR) is 97.7 cm³/mol. The Balaban J connectivity index is 1.68. The Morgan fingerprint density at radius 3 is 2.62 bits per heavy atom. The highest BCUT2D eigenvalue weighted by Gasteiger charge is 2.10. The number of carbonyl (C=O) groups excluding carboxylic acids is 1. The molecule has 0 unspecified atom stereocenters. The number of hydrogen-bond acceptors (Lipinski definition) is 5. The van der Waals surface area contributed by atoms with Crippen molar-refractivity contribution in [1.29, 1.82) is 0 Å². The molecule has 0 spiro atoms. The minimum atomic E-state index is -0.434. The number of anilines is 3. The fourth-order valence-electron chi connectivity index (χ4n) is 2.16. The van der Waals surface area contributed by atoms with Crippen molar-refractivity contribution in [3.8, 4) is 5.75 Å². The van der Waals surface area contributed by atoms with E-state index in [0.717, 1.165) is 0 Å². The van der Waals surface area contributed by atoms with Crippen molar-refractivity contribution in [1.82, 2.24) is 9.97 Å². The third kappa shape index (κ3) is 4.25. The van der Waals surface area contributed by atoms with Crippen LogP contribution in [0.25, 0.3) is 0 Å². The third-order valence-corrected chi connectivity index (χ3v) is 3.69. The van der Waals surface area contributed by atoms with E-state index < -0.39 is 5.91 Å². The molecule has 0 saturated carbocycles. The van der Waals surface area contributed by atoms with E-state index in [1.54, 1.807) is 30.3 Å². The van der Waals surface area contributed by atoms with Crippen LogP contribution in [-0.4, -0.2) is 23.0 Å². The van der Waals surface area contributed by atoms with Gasteiger partial charge in [0.2, 0.25) is 0 Å². The molecule has 3 rings (SSSR count). The smallest absolute Gasteiger partial charge is 0.275 e. The molecular formula is C18H14ClFN4O2. The van der Waals surface area contributed by atoms with E-state index in [9.17, 15) is 9.18 Å². The first kappa shape index (κ1) is 17.6. The Morgan fingerprint density at radius 1 is 1.12 bits per heavy atom. The van der Waals surface area contributed by atoms with E-state index >= 15 is 0 Å². The molecule has 0 bridgehead atoms. The molecule has 0 aliphatic carbocycles. The number of ether oxygens (including phenoxy) is 1. The van der Waals surface area contributed by atoms with Crippen molar-refractivity contribution < 1.29 is 13.9 Å². The quantitative estimate of drug-likeness (QED) is 0.699. The van der Waals surface area contributed by atoms with Crippen LogP contribution in [0.15, 0.2) is 54.9 Å². The lowest BCUT2D eigenvalue weighted by Gasteiger charge is -2.08. The summed E-state index contributed by atoms with van der Waals surface area (Å²) < 4.78 is 18.2. The van der Waals surface area contributed by atoms with Gasteiger partial charge in [0.05, 0.1) is 24.5 Å². The fourth-order valence-corrected chi connectivity index (χ4v) is 2.42. The Bertz CT molecular complexity index is 935. The highest BCUT2D eigenvalue weighted by molar-refractivity contribution is 6.32. The van der Waals surface area contributed by atoms with E-state index in [1.807, 2.05) is 0 Å². The summed E-state index contributed by atoms with van der Waals surface area (Å²) in [6.07, 6.45) is 2.71. The molecule has 0 saturated heterocycles. The zero-order valence-corrected chi connectivity index (χ0v) is 14.4. The number of methoxy groups -OCH3 is 1. The first-order valence-corrected chi connectivity index (χ1v) is 7.92. The van der Waals surface area contributed by atoms with E-state index in [-0.39, 0.29) is 11.5 Å². The molecule has 0 aliphatic heterocycles. The van der Waals surface area contributed by atoms with Crippen LogP contribution in [0, 0.1) is 5.82 Å². The highest BCUT2D eigenvalue weighted by Crippen LogP contribution is 2.27. The van der Waals surface area contributed by atoms with Crippen LogP contribution in [0.3, 0.4) is 0 Å². The number of amides is 1. The number of halogens is 2. The van der Waals surface area contributed by atoms with Crippen molar-refractivity contribution in [2.75, 3.05) is 17.7 Å². The van der Waals surface area contributed by atoms with Gasteiger partial charge in [-0.25, -0.2) is 14.4 Å². The number of benzene rings is 2. The van der Waals surface area contributed by atoms with Crippen molar-refractivity contribution in [2.24, 2.45) is 0 Å². The van der Waals surface area contributed by atoms with Crippen LogP contribution in [0.2, 0.25) is 5.02 Å². The Hall–Kier alpha value is -3.19. The van der Waals surface area contributed by atoms with Gasteiger partial charge in [-0.05, 0) is 36.4 Å². The Labute approximate surface area is 154 Å². The number of nitrogens with one attached hydrogen (secondary N) is 2. The summed E-state index contributed by atoms with van der Waals surface area (Å²) in [7, 11) is 1.51. The first-order chi connectivity index (χ1) is 12.5. The number of carbonyl (C=O) groups is 1. The molecule has 1 heterocycles. The third-order valence-electron chi connectivity index (χ3n) is 3.39. The molecule has 2 aromatic carbocycles. The molecule has 0 radical (unpaired) electrons. The van der Waals surface area contributed by atoms with Crippen LogP contribution in [-0.2, 0) is 0 Å². The minimum Gasteiger partial charge on any atom is -0.495 e. The van der Waals surface area contributed by atoms with Crippen molar-refractivity contribution >= 4 is 34.7 Å². The van der Waals surface area contributed by atoms with E-state index in [0.29, 0.717) is 28.0 Å². The SMILES string of the molecule is COc1ccc(NC(=O)c2cnc(Nc3cccc(F)c3)cn2)cc1Cl. The summed E-state index contributed by atoms with van der Waals surface area (Å²) in [5, 5.41) is 5.96. The monoisotopic (exact) mass is 372 g/mol. The zero-order valence-electron chi connectivity index (χ0n) is 13.7. The van der Waals surface area contributed by atoms with Crippen LogP contribution in [0.4, 0.5) is 21.6 Å². The largest absolute Gasteiger partial charge is 0.495 e. The molecule has 3 aromatic rings. The van der Waals surface area contributed by atoms with Gasteiger partial charge in [0.25, 0.3) is 5.91 Å². The fraction of sp³-hybridized carbons (Fsp3) is 0.0556. The van der Waals surface area contributed by atoms with Gasteiger partial charge in [0, 0.05) is 11.4 Å². The molecule has 6 nitrogen and oxygen atoms in total. The van der Waals surface area contributed by atoms with Gasteiger partial charge in [0.1, 0.15) is 23.1 Å². The van der Waals surface area contributed by atoms with E-state index in [1.165, 1.54) is 31.6 Å². The molecule has 132 valence electrons. The minimum absolute atomic E-state index is 0.127. The average Bonchev–Trinajstić information content (AvgIpc) is 2.62. The lowest BCUT2D eigenvalue weighted by atomic mass is 10.3. The highest BCUT2D eigenvalue weighted by atomic mass is 35.5. The van der Waals surface area contributed by atoms with Crippen molar-refractivity contribution in [3.05, 3.63) is 71.4 Å². The van der Waals surface area contributed by atoms with Gasteiger partial charge >= 0.3 is 0 Å². The van der Waals surface area contributed by atoms with Gasteiger partial charge in [-0.2, -0.15) is 0 Å².